The number of aliphatic hydroxyl groups excluding tert-OH is 1. The summed E-state index contributed by atoms with van der Waals surface area (Å²) >= 11 is 0. The number of carbonyl (C=O) groups excluding carboxylic acids is 1. The molecule has 106 valence electrons. The quantitative estimate of drug-likeness (QED) is 0.901. The Morgan fingerprint density at radius 1 is 1.42 bits per heavy atom. The van der Waals surface area contributed by atoms with Crippen LogP contribution in [0.1, 0.15) is 42.6 Å². The Morgan fingerprint density at radius 3 is 2.42 bits per heavy atom. The summed E-state index contributed by atoms with van der Waals surface area (Å²) in [4.78, 5) is 22.3. The van der Waals surface area contributed by atoms with Crippen molar-refractivity contribution in [1.29, 1.82) is 0 Å². The van der Waals surface area contributed by atoms with Crippen molar-refractivity contribution in [1.82, 2.24) is 14.9 Å². The second-order valence-corrected chi connectivity index (χ2v) is 5.90. The molecule has 1 aromatic rings. The van der Waals surface area contributed by atoms with Gasteiger partial charge in [0.1, 0.15) is 5.82 Å². The highest BCUT2D eigenvalue weighted by Crippen LogP contribution is 2.24. The van der Waals surface area contributed by atoms with Crippen molar-refractivity contribution in [3.05, 3.63) is 23.3 Å². The molecule has 0 saturated heterocycles. The minimum atomic E-state index is -0.249. The van der Waals surface area contributed by atoms with E-state index in [0.29, 0.717) is 17.1 Å². The largest absolute Gasteiger partial charge is 0.394 e. The summed E-state index contributed by atoms with van der Waals surface area (Å²) in [7, 11) is 1.70. The normalized spacial score (nSPS) is 13.2. The maximum atomic E-state index is 12.5. The second-order valence-electron chi connectivity index (χ2n) is 5.90. The van der Waals surface area contributed by atoms with E-state index in [1.165, 1.54) is 0 Å². The number of rotatable bonds is 3. The molecule has 1 heterocycles. The van der Waals surface area contributed by atoms with Crippen LogP contribution in [-0.4, -0.2) is 45.6 Å². The molecule has 0 saturated carbocycles. The molecule has 0 fully saturated rings. The van der Waals surface area contributed by atoms with Crippen LogP contribution >= 0.6 is 0 Å². The zero-order valence-corrected chi connectivity index (χ0v) is 12.6. The standard InChI is InChI=1S/C14H23N3O2/c1-9-11(7-15-10(2)16-9)13(19)17(6)12(8-18)14(3,4)5/h7,12,18H,8H2,1-6H3. The zero-order valence-electron chi connectivity index (χ0n) is 12.6. The molecule has 1 unspecified atom stereocenters. The summed E-state index contributed by atoms with van der Waals surface area (Å²) < 4.78 is 0. The number of aromatic nitrogens is 2. The van der Waals surface area contributed by atoms with Gasteiger partial charge in [0.05, 0.1) is 23.9 Å². The summed E-state index contributed by atoms with van der Waals surface area (Å²) in [5.41, 5.74) is 0.948. The van der Waals surface area contributed by atoms with E-state index in [-0.39, 0.29) is 24.0 Å². The Bertz CT molecular complexity index is 466. The highest BCUT2D eigenvalue weighted by Gasteiger charge is 2.31. The van der Waals surface area contributed by atoms with E-state index in [2.05, 4.69) is 9.97 Å². The highest BCUT2D eigenvalue weighted by atomic mass is 16.3. The molecule has 1 N–H and O–H groups in total. The number of carbonyl (C=O) groups is 1. The van der Waals surface area contributed by atoms with Crippen LogP contribution in [0.3, 0.4) is 0 Å². The van der Waals surface area contributed by atoms with Crippen LogP contribution in [0.25, 0.3) is 0 Å². The Balaban J connectivity index is 3.05. The topological polar surface area (TPSA) is 66.3 Å². The molecule has 19 heavy (non-hydrogen) atoms. The third kappa shape index (κ3) is 3.50. The fraction of sp³-hybridized carbons (Fsp3) is 0.643. The minimum absolute atomic E-state index is 0.0719. The van der Waals surface area contributed by atoms with Crippen molar-refractivity contribution >= 4 is 5.91 Å². The van der Waals surface area contributed by atoms with Gasteiger partial charge in [-0.1, -0.05) is 20.8 Å². The second kappa shape index (κ2) is 5.65. The van der Waals surface area contributed by atoms with Crippen molar-refractivity contribution in [3.63, 3.8) is 0 Å². The monoisotopic (exact) mass is 265 g/mol. The van der Waals surface area contributed by atoms with Crippen molar-refractivity contribution in [3.8, 4) is 0 Å². The van der Waals surface area contributed by atoms with Gasteiger partial charge in [0.2, 0.25) is 0 Å². The number of hydrogen-bond donors (Lipinski definition) is 1. The van der Waals surface area contributed by atoms with E-state index in [9.17, 15) is 9.90 Å². The van der Waals surface area contributed by atoms with E-state index in [1.54, 1.807) is 32.0 Å². The third-order valence-electron chi connectivity index (χ3n) is 3.29. The number of amides is 1. The number of aryl methyl sites for hydroxylation is 2. The predicted octanol–water partition coefficient (Wildman–Crippen LogP) is 1.57. The maximum Gasteiger partial charge on any atom is 0.257 e. The lowest BCUT2D eigenvalue weighted by molar-refractivity contribution is 0.0432. The number of likely N-dealkylation sites (N-methyl/N-ethyl adjacent to an activating group) is 1. The van der Waals surface area contributed by atoms with Crippen LogP contribution in [0.15, 0.2) is 6.20 Å². The number of aliphatic hydroxyl groups is 1. The van der Waals surface area contributed by atoms with E-state index in [0.717, 1.165) is 0 Å². The van der Waals surface area contributed by atoms with Gasteiger partial charge in [0.15, 0.2) is 0 Å². The van der Waals surface area contributed by atoms with Crippen molar-refractivity contribution in [2.45, 2.75) is 40.7 Å². The molecule has 1 rings (SSSR count). The molecule has 0 spiro atoms. The van der Waals surface area contributed by atoms with Gasteiger partial charge in [-0.2, -0.15) is 0 Å². The van der Waals surface area contributed by atoms with Gasteiger partial charge >= 0.3 is 0 Å². The lowest BCUT2D eigenvalue weighted by Crippen LogP contribution is -2.47. The van der Waals surface area contributed by atoms with Gasteiger partial charge in [0, 0.05) is 13.2 Å². The fourth-order valence-corrected chi connectivity index (χ4v) is 2.10. The van der Waals surface area contributed by atoms with Crippen LogP contribution in [0.2, 0.25) is 0 Å². The molecule has 1 amide bonds. The van der Waals surface area contributed by atoms with Crippen LogP contribution in [0.5, 0.6) is 0 Å². The van der Waals surface area contributed by atoms with Crippen molar-refractivity contribution in [2.24, 2.45) is 5.41 Å². The van der Waals surface area contributed by atoms with Crippen LogP contribution in [0, 0.1) is 19.3 Å². The van der Waals surface area contributed by atoms with Gasteiger partial charge in [-0.3, -0.25) is 4.79 Å². The van der Waals surface area contributed by atoms with Crippen LogP contribution in [-0.2, 0) is 0 Å². The summed E-state index contributed by atoms with van der Waals surface area (Å²) in [5.74, 6) is 0.484. The number of hydrogen-bond acceptors (Lipinski definition) is 4. The maximum absolute atomic E-state index is 12.5. The summed E-state index contributed by atoms with van der Waals surface area (Å²) in [6, 6.07) is -0.249. The molecule has 1 atom stereocenters. The van der Waals surface area contributed by atoms with E-state index in [1.807, 2.05) is 20.8 Å². The summed E-state index contributed by atoms with van der Waals surface area (Å²) in [6.45, 7) is 9.50. The highest BCUT2D eigenvalue weighted by molar-refractivity contribution is 5.95. The Morgan fingerprint density at radius 2 is 2.00 bits per heavy atom. The van der Waals surface area contributed by atoms with Gasteiger partial charge in [-0.15, -0.1) is 0 Å². The average molecular weight is 265 g/mol. The third-order valence-corrected chi connectivity index (χ3v) is 3.29. The predicted molar refractivity (Wildman–Crippen MR) is 73.9 cm³/mol. The van der Waals surface area contributed by atoms with E-state index >= 15 is 0 Å². The first-order valence-corrected chi connectivity index (χ1v) is 6.36. The molecular weight excluding hydrogens is 242 g/mol. The molecule has 0 radical (unpaired) electrons. The van der Waals surface area contributed by atoms with Gasteiger partial charge < -0.3 is 10.0 Å². The van der Waals surface area contributed by atoms with Crippen LogP contribution < -0.4 is 0 Å². The smallest absolute Gasteiger partial charge is 0.257 e. The summed E-state index contributed by atoms with van der Waals surface area (Å²) in [5, 5.41) is 9.52. The molecule has 5 heteroatoms. The van der Waals surface area contributed by atoms with E-state index < -0.39 is 0 Å². The first-order chi connectivity index (χ1) is 8.68. The molecule has 0 bridgehead atoms. The molecule has 0 aliphatic carbocycles. The summed E-state index contributed by atoms with van der Waals surface area (Å²) in [6.07, 6.45) is 1.55. The van der Waals surface area contributed by atoms with Gasteiger partial charge in [0.25, 0.3) is 5.91 Å². The lowest BCUT2D eigenvalue weighted by atomic mass is 9.86. The SMILES string of the molecule is Cc1ncc(C(=O)N(C)C(CO)C(C)(C)C)c(C)n1. The molecule has 0 aromatic carbocycles. The minimum Gasteiger partial charge on any atom is -0.394 e. The molecule has 5 nitrogen and oxygen atoms in total. The van der Waals surface area contributed by atoms with Gasteiger partial charge in [-0.05, 0) is 19.3 Å². The average Bonchev–Trinajstić information content (AvgIpc) is 2.27. The van der Waals surface area contributed by atoms with Crippen molar-refractivity contribution < 1.29 is 9.90 Å². The van der Waals surface area contributed by atoms with Gasteiger partial charge in [-0.25, -0.2) is 9.97 Å². The first kappa shape index (κ1) is 15.6. The lowest BCUT2D eigenvalue weighted by Gasteiger charge is -2.36. The zero-order chi connectivity index (χ0) is 14.8. The Hall–Kier alpha value is -1.49. The van der Waals surface area contributed by atoms with E-state index in [4.69, 9.17) is 0 Å². The first-order valence-electron chi connectivity index (χ1n) is 6.36. The fourth-order valence-electron chi connectivity index (χ4n) is 2.10. The molecule has 1 aromatic heterocycles. The number of nitrogens with zero attached hydrogens (tertiary/aromatic N) is 3. The molecule has 0 aliphatic rings. The Kier molecular flexibility index (Phi) is 4.63. The molecule has 0 aliphatic heterocycles. The molecular formula is C14H23N3O2. The Labute approximate surface area is 114 Å². The van der Waals surface area contributed by atoms with Crippen molar-refractivity contribution in [2.75, 3.05) is 13.7 Å². The van der Waals surface area contributed by atoms with Crippen LogP contribution in [0.4, 0.5) is 0 Å².